The van der Waals surface area contributed by atoms with Gasteiger partial charge in [0.1, 0.15) is 5.82 Å². The molecule has 10 nitrogen and oxygen atoms in total. The monoisotopic (exact) mass is 492 g/mol. The van der Waals surface area contributed by atoms with Crippen molar-refractivity contribution in [3.63, 3.8) is 0 Å². The minimum atomic E-state index is -0.673. The number of amides is 2. The van der Waals surface area contributed by atoms with E-state index in [2.05, 4.69) is 25.5 Å². The summed E-state index contributed by atoms with van der Waals surface area (Å²) in [6.45, 7) is 3.46. The van der Waals surface area contributed by atoms with E-state index >= 15 is 0 Å². The second-order valence-electron chi connectivity index (χ2n) is 10.1. The van der Waals surface area contributed by atoms with Crippen LogP contribution in [0.4, 0.5) is 23.0 Å². The molecular weight excluding hydrogens is 456 g/mol. The Bertz CT molecular complexity index is 1110. The van der Waals surface area contributed by atoms with Gasteiger partial charge < -0.3 is 31.9 Å². The lowest BCUT2D eigenvalue weighted by Gasteiger charge is -2.29. The lowest BCUT2D eigenvalue weighted by molar-refractivity contribution is 0.0793. The maximum absolute atomic E-state index is 13.5. The van der Waals surface area contributed by atoms with E-state index in [4.69, 9.17) is 11.5 Å². The van der Waals surface area contributed by atoms with Gasteiger partial charge in [-0.25, -0.2) is 9.97 Å². The van der Waals surface area contributed by atoms with Crippen LogP contribution in [0, 0.1) is 0 Å². The zero-order valence-corrected chi connectivity index (χ0v) is 20.7. The first-order valence-corrected chi connectivity index (χ1v) is 13.1. The summed E-state index contributed by atoms with van der Waals surface area (Å²) >= 11 is 0. The SMILES string of the molecule is NC(=O)c1ncc(N[C@@H]2CCCC[C@@H]2N)nc1Nc1ccc(N2CCCC2)c(C(=O)N2CCCC2)c1. The molecule has 3 heterocycles. The van der Waals surface area contributed by atoms with Crippen LogP contribution in [0.2, 0.25) is 0 Å². The lowest BCUT2D eigenvalue weighted by atomic mass is 9.91. The Kier molecular flexibility index (Phi) is 7.22. The predicted octanol–water partition coefficient (Wildman–Crippen LogP) is 2.84. The number of carbonyl (C=O) groups is 2. The predicted molar refractivity (Wildman–Crippen MR) is 141 cm³/mol. The number of hydrogen-bond donors (Lipinski definition) is 4. The third-order valence-corrected chi connectivity index (χ3v) is 7.49. The van der Waals surface area contributed by atoms with Crippen molar-refractivity contribution in [3.05, 3.63) is 35.7 Å². The van der Waals surface area contributed by atoms with Gasteiger partial charge in [0.15, 0.2) is 11.5 Å². The molecule has 2 saturated heterocycles. The first kappa shape index (κ1) is 24.3. The van der Waals surface area contributed by atoms with Crippen LogP contribution in [0.5, 0.6) is 0 Å². The van der Waals surface area contributed by atoms with Crippen molar-refractivity contribution >= 4 is 34.8 Å². The Morgan fingerprint density at radius 3 is 2.42 bits per heavy atom. The Balaban J connectivity index is 1.44. The molecule has 2 amide bonds. The molecule has 3 fully saturated rings. The number of primary amides is 1. The van der Waals surface area contributed by atoms with E-state index in [1.807, 2.05) is 23.1 Å². The summed E-state index contributed by atoms with van der Waals surface area (Å²) in [7, 11) is 0. The number of aromatic nitrogens is 2. The molecule has 36 heavy (non-hydrogen) atoms. The van der Waals surface area contributed by atoms with Gasteiger partial charge in [-0.3, -0.25) is 9.59 Å². The van der Waals surface area contributed by atoms with E-state index in [-0.39, 0.29) is 29.5 Å². The Morgan fingerprint density at radius 1 is 0.972 bits per heavy atom. The molecule has 0 radical (unpaired) electrons. The van der Waals surface area contributed by atoms with Crippen molar-refractivity contribution in [1.82, 2.24) is 14.9 Å². The minimum absolute atomic E-state index is 0.0426. The molecule has 2 aliphatic heterocycles. The van der Waals surface area contributed by atoms with E-state index in [0.717, 1.165) is 83.2 Å². The van der Waals surface area contributed by atoms with E-state index in [0.29, 0.717) is 17.1 Å². The van der Waals surface area contributed by atoms with Gasteiger partial charge in [0.2, 0.25) is 0 Å². The number of rotatable bonds is 7. The molecule has 1 aromatic heterocycles. The minimum Gasteiger partial charge on any atom is -0.371 e. The second kappa shape index (κ2) is 10.7. The lowest BCUT2D eigenvalue weighted by Crippen LogP contribution is -2.42. The Morgan fingerprint density at radius 2 is 1.69 bits per heavy atom. The first-order chi connectivity index (χ1) is 17.5. The molecule has 2 atom stereocenters. The number of nitrogens with zero attached hydrogens (tertiary/aromatic N) is 4. The van der Waals surface area contributed by atoms with Gasteiger partial charge in [-0.05, 0) is 56.7 Å². The third kappa shape index (κ3) is 5.23. The Labute approximate surface area is 211 Å². The summed E-state index contributed by atoms with van der Waals surface area (Å²) in [5.41, 5.74) is 14.2. The molecule has 0 bridgehead atoms. The quantitative estimate of drug-likeness (QED) is 0.462. The fraction of sp³-hybridized carbons (Fsp3) is 0.538. The zero-order valence-electron chi connectivity index (χ0n) is 20.7. The fourth-order valence-corrected chi connectivity index (χ4v) is 5.50. The van der Waals surface area contributed by atoms with Gasteiger partial charge >= 0.3 is 0 Å². The molecular formula is C26H36N8O2. The maximum atomic E-state index is 13.5. The van der Waals surface area contributed by atoms with Crippen LogP contribution >= 0.6 is 0 Å². The molecule has 0 unspecified atom stereocenters. The molecule has 10 heteroatoms. The summed E-state index contributed by atoms with van der Waals surface area (Å²) in [6, 6.07) is 5.91. The molecule has 192 valence electrons. The number of nitrogens with two attached hydrogens (primary N) is 2. The molecule has 5 rings (SSSR count). The van der Waals surface area contributed by atoms with Crippen molar-refractivity contribution in [2.75, 3.05) is 41.7 Å². The summed E-state index contributed by atoms with van der Waals surface area (Å²) < 4.78 is 0. The van der Waals surface area contributed by atoms with Crippen molar-refractivity contribution in [2.24, 2.45) is 11.5 Å². The number of nitrogens with one attached hydrogen (secondary N) is 2. The summed E-state index contributed by atoms with van der Waals surface area (Å²) in [5.74, 6) is 0.159. The zero-order chi connectivity index (χ0) is 25.1. The number of hydrogen-bond acceptors (Lipinski definition) is 8. The van der Waals surface area contributed by atoms with Gasteiger partial charge in [-0.15, -0.1) is 0 Å². The van der Waals surface area contributed by atoms with Crippen LogP contribution in [0.15, 0.2) is 24.4 Å². The standard InChI is InChI=1S/C26H36N8O2/c27-19-7-1-2-8-20(19)31-22-16-29-23(24(28)35)25(32-22)30-17-9-10-21(33-11-3-4-12-33)18(15-17)26(36)34-13-5-6-14-34/h9-10,15-16,19-20H,1-8,11-14,27H2,(H2,28,35)(H2,30,31,32)/t19-,20+/m0/s1. The van der Waals surface area contributed by atoms with Crippen molar-refractivity contribution in [1.29, 1.82) is 0 Å². The van der Waals surface area contributed by atoms with Crippen LogP contribution in [0.3, 0.4) is 0 Å². The highest BCUT2D eigenvalue weighted by atomic mass is 16.2. The molecule has 6 N–H and O–H groups in total. The fourth-order valence-electron chi connectivity index (χ4n) is 5.50. The highest BCUT2D eigenvalue weighted by Gasteiger charge is 2.26. The van der Waals surface area contributed by atoms with Gasteiger partial charge in [0.05, 0.1) is 11.8 Å². The summed E-state index contributed by atoms with van der Waals surface area (Å²) in [4.78, 5) is 38.7. The second-order valence-corrected chi connectivity index (χ2v) is 10.1. The van der Waals surface area contributed by atoms with Crippen LogP contribution in [0.1, 0.15) is 72.2 Å². The maximum Gasteiger partial charge on any atom is 0.271 e. The van der Waals surface area contributed by atoms with Crippen molar-refractivity contribution < 1.29 is 9.59 Å². The number of anilines is 4. The van der Waals surface area contributed by atoms with Gasteiger partial charge in [0, 0.05) is 49.6 Å². The normalized spacial score (nSPS) is 22.0. The van der Waals surface area contributed by atoms with Gasteiger partial charge in [-0.2, -0.15) is 0 Å². The molecule has 0 spiro atoms. The van der Waals surface area contributed by atoms with Crippen LogP contribution < -0.4 is 27.0 Å². The first-order valence-electron chi connectivity index (χ1n) is 13.1. The molecule has 1 aromatic carbocycles. The van der Waals surface area contributed by atoms with E-state index in [1.54, 1.807) is 0 Å². The van der Waals surface area contributed by atoms with Crippen molar-refractivity contribution in [2.45, 2.75) is 63.5 Å². The smallest absolute Gasteiger partial charge is 0.271 e. The highest BCUT2D eigenvalue weighted by Crippen LogP contribution is 2.31. The van der Waals surface area contributed by atoms with Gasteiger partial charge in [-0.1, -0.05) is 12.8 Å². The van der Waals surface area contributed by atoms with E-state index in [9.17, 15) is 9.59 Å². The van der Waals surface area contributed by atoms with Crippen molar-refractivity contribution in [3.8, 4) is 0 Å². The number of benzene rings is 1. The molecule has 1 aliphatic carbocycles. The highest BCUT2D eigenvalue weighted by molar-refractivity contribution is 6.01. The molecule has 1 saturated carbocycles. The van der Waals surface area contributed by atoms with E-state index < -0.39 is 5.91 Å². The topological polar surface area (TPSA) is 142 Å². The summed E-state index contributed by atoms with van der Waals surface area (Å²) in [5, 5.41) is 6.59. The van der Waals surface area contributed by atoms with E-state index in [1.165, 1.54) is 6.20 Å². The van der Waals surface area contributed by atoms with Crippen LogP contribution in [-0.4, -0.2) is 64.9 Å². The average molecular weight is 493 g/mol. The number of likely N-dealkylation sites (tertiary alicyclic amines) is 1. The van der Waals surface area contributed by atoms with Gasteiger partial charge in [0.25, 0.3) is 11.8 Å². The largest absolute Gasteiger partial charge is 0.371 e. The number of carbonyl (C=O) groups excluding carboxylic acids is 2. The molecule has 3 aliphatic rings. The van der Waals surface area contributed by atoms with Crippen LogP contribution in [0.25, 0.3) is 0 Å². The summed E-state index contributed by atoms with van der Waals surface area (Å²) in [6.07, 6.45) is 10.0. The average Bonchev–Trinajstić information content (AvgIpc) is 3.60. The van der Waals surface area contributed by atoms with Crippen LogP contribution in [-0.2, 0) is 0 Å². The molecule has 2 aromatic rings. The Hall–Kier alpha value is -3.40. The third-order valence-electron chi connectivity index (χ3n) is 7.49.